The maximum absolute atomic E-state index is 9.74. The zero-order valence-corrected chi connectivity index (χ0v) is 18.7. The zero-order valence-electron chi connectivity index (χ0n) is 18.7. The van der Waals surface area contributed by atoms with E-state index in [0.717, 1.165) is 45.3 Å². The molecule has 4 heterocycles. The van der Waals surface area contributed by atoms with E-state index in [1.807, 2.05) is 12.4 Å². The van der Waals surface area contributed by atoms with Gasteiger partial charge in [0.05, 0.1) is 48.1 Å². The average molecular weight is 457 g/mol. The number of imidazole rings is 2. The molecule has 2 aliphatic heterocycles. The number of aliphatic hydroxyl groups is 2. The second kappa shape index (κ2) is 8.81. The van der Waals surface area contributed by atoms with Crippen LogP contribution in [0.1, 0.15) is 36.6 Å². The van der Waals surface area contributed by atoms with Crippen molar-refractivity contribution in [2.45, 2.75) is 37.1 Å². The van der Waals surface area contributed by atoms with Gasteiger partial charge in [0.1, 0.15) is 11.6 Å². The Morgan fingerprint density at radius 2 is 0.971 bits per heavy atom. The topological polar surface area (TPSA) is 122 Å². The molecule has 4 aromatic rings. The largest absolute Gasteiger partial charge is 0.392 e. The summed E-state index contributed by atoms with van der Waals surface area (Å²) in [4.78, 5) is 15.8. The van der Waals surface area contributed by atoms with Crippen LogP contribution in [0.25, 0.3) is 33.6 Å². The number of H-pyrrole nitrogens is 2. The fourth-order valence-electron chi connectivity index (χ4n) is 4.86. The molecule has 0 spiro atoms. The third-order valence-corrected chi connectivity index (χ3v) is 6.79. The Bertz CT molecular complexity index is 1160. The van der Waals surface area contributed by atoms with Crippen molar-refractivity contribution < 1.29 is 10.2 Å². The summed E-state index contributed by atoms with van der Waals surface area (Å²) in [6.07, 6.45) is 4.46. The molecule has 34 heavy (non-hydrogen) atoms. The van der Waals surface area contributed by atoms with Crippen LogP contribution in [0.5, 0.6) is 0 Å². The van der Waals surface area contributed by atoms with Gasteiger partial charge in [-0.15, -0.1) is 0 Å². The van der Waals surface area contributed by atoms with Crippen LogP contribution in [0.3, 0.4) is 0 Å². The molecule has 4 atom stereocenters. The summed E-state index contributed by atoms with van der Waals surface area (Å²) in [5, 5.41) is 26.1. The van der Waals surface area contributed by atoms with E-state index in [-0.39, 0.29) is 24.3 Å². The number of aromatic amines is 2. The molecule has 6 rings (SSSR count). The zero-order chi connectivity index (χ0) is 23.1. The molecule has 0 unspecified atom stereocenters. The van der Waals surface area contributed by atoms with Crippen molar-refractivity contribution in [3.63, 3.8) is 0 Å². The lowest BCUT2D eigenvalue weighted by Gasteiger charge is -2.07. The minimum Gasteiger partial charge on any atom is -0.392 e. The second-order valence-corrected chi connectivity index (χ2v) is 9.22. The highest BCUT2D eigenvalue weighted by Crippen LogP contribution is 2.29. The first-order chi connectivity index (χ1) is 16.6. The summed E-state index contributed by atoms with van der Waals surface area (Å²) in [6.45, 7) is 1.22. The number of aromatic nitrogens is 4. The van der Waals surface area contributed by atoms with Crippen molar-refractivity contribution in [1.29, 1.82) is 0 Å². The number of hydrogen-bond acceptors (Lipinski definition) is 6. The number of benzene rings is 2. The molecule has 6 N–H and O–H groups in total. The number of nitrogens with one attached hydrogen (secondary N) is 4. The van der Waals surface area contributed by atoms with Crippen LogP contribution < -0.4 is 10.6 Å². The third kappa shape index (κ3) is 4.17. The predicted octanol–water partition coefficient (Wildman–Crippen LogP) is 2.92. The van der Waals surface area contributed by atoms with E-state index in [1.54, 1.807) is 0 Å². The van der Waals surface area contributed by atoms with Crippen LogP contribution in [0.4, 0.5) is 0 Å². The molecule has 2 aromatic heterocycles. The minimum atomic E-state index is -0.308. The quantitative estimate of drug-likeness (QED) is 0.275. The third-order valence-electron chi connectivity index (χ3n) is 6.79. The minimum absolute atomic E-state index is 0.0773. The number of rotatable bonds is 5. The van der Waals surface area contributed by atoms with Gasteiger partial charge in [0.15, 0.2) is 0 Å². The first kappa shape index (κ1) is 21.2. The Kier molecular flexibility index (Phi) is 5.50. The predicted molar refractivity (Wildman–Crippen MR) is 130 cm³/mol. The monoisotopic (exact) mass is 456 g/mol. The fourth-order valence-corrected chi connectivity index (χ4v) is 4.86. The van der Waals surface area contributed by atoms with Crippen LogP contribution in [0.15, 0.2) is 60.9 Å². The van der Waals surface area contributed by atoms with E-state index < -0.39 is 0 Å². The fraction of sp³-hybridized carbons (Fsp3) is 0.308. The van der Waals surface area contributed by atoms with Crippen molar-refractivity contribution in [2.24, 2.45) is 0 Å². The van der Waals surface area contributed by atoms with Crippen molar-refractivity contribution in [1.82, 2.24) is 30.6 Å². The summed E-state index contributed by atoms with van der Waals surface area (Å²) < 4.78 is 0. The van der Waals surface area contributed by atoms with Gasteiger partial charge < -0.3 is 30.8 Å². The molecule has 174 valence electrons. The highest BCUT2D eigenvalue weighted by atomic mass is 16.3. The van der Waals surface area contributed by atoms with Gasteiger partial charge in [0.25, 0.3) is 0 Å². The molecule has 2 aliphatic rings. The summed E-state index contributed by atoms with van der Waals surface area (Å²) in [6, 6.07) is 17.0. The van der Waals surface area contributed by atoms with Crippen LogP contribution in [-0.4, -0.2) is 55.4 Å². The summed E-state index contributed by atoms with van der Waals surface area (Å²) in [7, 11) is 0. The van der Waals surface area contributed by atoms with E-state index in [1.165, 1.54) is 0 Å². The van der Waals surface area contributed by atoms with Gasteiger partial charge in [-0.2, -0.15) is 0 Å². The highest BCUT2D eigenvalue weighted by Gasteiger charge is 2.26. The van der Waals surface area contributed by atoms with Crippen LogP contribution >= 0.6 is 0 Å². The smallest absolute Gasteiger partial charge is 0.123 e. The number of aliphatic hydroxyl groups excluding tert-OH is 2. The Labute approximate surface area is 197 Å². The van der Waals surface area contributed by atoms with E-state index >= 15 is 0 Å². The van der Waals surface area contributed by atoms with Gasteiger partial charge in [-0.25, -0.2) is 9.97 Å². The normalized spacial score (nSPS) is 24.6. The SMILES string of the molecule is O[C@H]1CN[C@H](c2ncc(-c3ccc(-c4ccc(-c5cnc([C@@H]6C[C@@H](O)CN6)[nH]5)cc4)cc3)[nH]2)C1. The average Bonchev–Trinajstić information content (AvgIpc) is 3.66. The summed E-state index contributed by atoms with van der Waals surface area (Å²) in [5.41, 5.74) is 6.38. The Morgan fingerprint density at radius 3 is 1.32 bits per heavy atom. The molecule has 0 amide bonds. The van der Waals surface area contributed by atoms with Crippen LogP contribution in [-0.2, 0) is 0 Å². The maximum atomic E-state index is 9.74. The van der Waals surface area contributed by atoms with E-state index in [0.29, 0.717) is 25.9 Å². The van der Waals surface area contributed by atoms with Gasteiger partial charge >= 0.3 is 0 Å². The van der Waals surface area contributed by atoms with Gasteiger partial charge in [-0.3, -0.25) is 0 Å². The van der Waals surface area contributed by atoms with Crippen LogP contribution in [0.2, 0.25) is 0 Å². The molecule has 0 radical (unpaired) electrons. The van der Waals surface area contributed by atoms with Crippen molar-refractivity contribution in [3.8, 4) is 33.6 Å². The Morgan fingerprint density at radius 1 is 0.588 bits per heavy atom. The molecule has 2 saturated heterocycles. The van der Waals surface area contributed by atoms with Gasteiger partial charge in [-0.1, -0.05) is 48.5 Å². The first-order valence-corrected chi connectivity index (χ1v) is 11.8. The molecule has 0 bridgehead atoms. The second-order valence-electron chi connectivity index (χ2n) is 9.22. The number of hydrogen-bond donors (Lipinski definition) is 6. The van der Waals surface area contributed by atoms with Crippen LogP contribution in [0, 0.1) is 0 Å². The lowest BCUT2D eigenvalue weighted by Crippen LogP contribution is -2.15. The molecule has 8 nitrogen and oxygen atoms in total. The molecular weight excluding hydrogens is 428 g/mol. The van der Waals surface area contributed by atoms with Gasteiger partial charge in [-0.05, 0) is 35.1 Å². The molecule has 0 saturated carbocycles. The summed E-state index contributed by atoms with van der Waals surface area (Å²) in [5.74, 6) is 1.74. The number of β-amino-alcohol motifs (C(OH)–C–C–N with tert-alkyl or cyclic N) is 2. The van der Waals surface area contributed by atoms with E-state index in [9.17, 15) is 10.2 Å². The molecule has 2 aromatic carbocycles. The first-order valence-electron chi connectivity index (χ1n) is 11.8. The van der Waals surface area contributed by atoms with E-state index in [4.69, 9.17) is 0 Å². The van der Waals surface area contributed by atoms with Gasteiger partial charge in [0.2, 0.25) is 0 Å². The van der Waals surface area contributed by atoms with Crippen molar-refractivity contribution >= 4 is 0 Å². The standard InChI is InChI=1S/C26H28N6O2/c33-19-9-21(27-11-19)25-29-13-23(31-25)17-5-1-15(2-6-17)16-3-7-18(8-4-16)24-14-30-26(32-24)22-10-20(34)12-28-22/h1-8,13-14,19-22,27-28,33-34H,9-12H2,(H,29,31)(H,30,32)/t19-,20-,21+,22+/m1/s1. The molecular formula is C26H28N6O2. The maximum Gasteiger partial charge on any atom is 0.123 e. The number of nitrogens with zero attached hydrogens (tertiary/aromatic N) is 2. The lowest BCUT2D eigenvalue weighted by atomic mass is 10.0. The Hall–Kier alpha value is -3.30. The lowest BCUT2D eigenvalue weighted by molar-refractivity contribution is 0.192. The Balaban J connectivity index is 1.15. The van der Waals surface area contributed by atoms with Crippen molar-refractivity contribution in [2.75, 3.05) is 13.1 Å². The van der Waals surface area contributed by atoms with E-state index in [2.05, 4.69) is 79.1 Å². The summed E-state index contributed by atoms with van der Waals surface area (Å²) >= 11 is 0. The molecule has 8 heteroatoms. The van der Waals surface area contributed by atoms with Crippen molar-refractivity contribution in [3.05, 3.63) is 72.6 Å². The molecule has 2 fully saturated rings. The van der Waals surface area contributed by atoms with Gasteiger partial charge in [0, 0.05) is 13.1 Å². The molecule has 0 aliphatic carbocycles. The highest BCUT2D eigenvalue weighted by molar-refractivity contribution is 5.71.